The van der Waals surface area contributed by atoms with Crippen molar-refractivity contribution in [3.05, 3.63) is 35.1 Å². The summed E-state index contributed by atoms with van der Waals surface area (Å²) in [5.74, 6) is -0.421. The Morgan fingerprint density at radius 1 is 1.45 bits per heavy atom. The lowest BCUT2D eigenvalue weighted by atomic mass is 10.0. The number of rotatable bonds is 4. The van der Waals surface area contributed by atoms with Gasteiger partial charge in [0.05, 0.1) is 6.04 Å². The maximum atomic E-state index is 14.1. The van der Waals surface area contributed by atoms with Crippen molar-refractivity contribution in [2.24, 2.45) is 0 Å². The summed E-state index contributed by atoms with van der Waals surface area (Å²) in [6.45, 7) is 6.82. The van der Waals surface area contributed by atoms with E-state index in [1.165, 1.54) is 0 Å². The Balaban J connectivity index is 2.92. The van der Waals surface area contributed by atoms with Crippen LogP contribution >= 0.6 is 0 Å². The number of aryl methyl sites for hydroxylation is 1. The highest BCUT2D eigenvalue weighted by Gasteiger charge is 2.22. The zero-order valence-electron chi connectivity index (χ0n) is 12.2. The predicted octanol–water partition coefficient (Wildman–Crippen LogP) is 3.29. The van der Waals surface area contributed by atoms with Gasteiger partial charge in [0.15, 0.2) is 0 Å². The molecule has 0 fully saturated rings. The van der Waals surface area contributed by atoms with Crippen molar-refractivity contribution in [2.45, 2.75) is 45.8 Å². The molecule has 0 unspecified atom stereocenters. The van der Waals surface area contributed by atoms with E-state index in [0.717, 1.165) is 0 Å². The molecule has 1 atom stereocenters. The Hall–Kier alpha value is -1.91. The summed E-state index contributed by atoms with van der Waals surface area (Å²) in [7, 11) is 0. The molecule has 1 aromatic rings. The highest BCUT2D eigenvalue weighted by molar-refractivity contribution is 5.69. The third-order valence-corrected chi connectivity index (χ3v) is 2.62. The van der Waals surface area contributed by atoms with Crippen molar-refractivity contribution in [3.8, 4) is 0 Å². The average molecular weight is 281 g/mol. The summed E-state index contributed by atoms with van der Waals surface area (Å²) in [4.78, 5) is 22.5. The van der Waals surface area contributed by atoms with Crippen LogP contribution in [0.25, 0.3) is 0 Å². The normalized spacial score (nSPS) is 12.7. The Labute approximate surface area is 118 Å². The molecule has 1 rings (SSSR count). The van der Waals surface area contributed by atoms with Gasteiger partial charge < -0.3 is 14.8 Å². The van der Waals surface area contributed by atoms with Crippen LogP contribution in [0.5, 0.6) is 0 Å². The van der Waals surface area contributed by atoms with E-state index in [4.69, 9.17) is 4.74 Å². The van der Waals surface area contributed by atoms with E-state index >= 15 is 0 Å². The van der Waals surface area contributed by atoms with Crippen LogP contribution in [0.15, 0.2) is 18.2 Å². The molecule has 0 radical (unpaired) electrons. The molecule has 110 valence electrons. The number of hydrogen-bond acceptors (Lipinski definition) is 3. The van der Waals surface area contributed by atoms with Crippen molar-refractivity contribution in [2.75, 3.05) is 0 Å². The standard InChI is InChI=1S/C15H20FNO3/c1-10-6-5-7-11(13(10)16)12(8-9-18)17-14(19)20-15(2,3)4/h5-7,9,12H,8H2,1-4H3,(H,17,19)/t12-/m0/s1. The van der Waals surface area contributed by atoms with Gasteiger partial charge in [-0.15, -0.1) is 0 Å². The van der Waals surface area contributed by atoms with Crippen LogP contribution < -0.4 is 5.32 Å². The minimum absolute atomic E-state index is 0.0143. The largest absolute Gasteiger partial charge is 0.444 e. The molecule has 4 nitrogen and oxygen atoms in total. The van der Waals surface area contributed by atoms with Gasteiger partial charge in [-0.25, -0.2) is 9.18 Å². The molecule has 0 aliphatic heterocycles. The van der Waals surface area contributed by atoms with E-state index in [9.17, 15) is 14.0 Å². The number of nitrogens with one attached hydrogen (secondary N) is 1. The Kier molecular flexibility index (Phi) is 5.25. The molecule has 0 aliphatic rings. The smallest absolute Gasteiger partial charge is 0.408 e. The quantitative estimate of drug-likeness (QED) is 0.862. The van der Waals surface area contributed by atoms with E-state index in [-0.39, 0.29) is 12.0 Å². The highest BCUT2D eigenvalue weighted by atomic mass is 19.1. The number of amides is 1. The molecule has 0 saturated carbocycles. The zero-order chi connectivity index (χ0) is 15.3. The summed E-state index contributed by atoms with van der Waals surface area (Å²) in [6, 6.07) is 4.13. The Morgan fingerprint density at radius 3 is 2.65 bits per heavy atom. The number of ether oxygens (including phenoxy) is 1. The van der Waals surface area contributed by atoms with E-state index in [2.05, 4.69) is 5.32 Å². The first kappa shape index (κ1) is 16.1. The third kappa shape index (κ3) is 4.64. The second-order valence-corrected chi connectivity index (χ2v) is 5.58. The molecule has 1 N–H and O–H groups in total. The highest BCUT2D eigenvalue weighted by Crippen LogP contribution is 2.22. The number of carbonyl (C=O) groups excluding carboxylic acids is 2. The first-order valence-corrected chi connectivity index (χ1v) is 6.42. The molecule has 0 aromatic heterocycles. The van der Waals surface area contributed by atoms with E-state index in [1.54, 1.807) is 45.9 Å². The fraction of sp³-hybridized carbons (Fsp3) is 0.467. The lowest BCUT2D eigenvalue weighted by Crippen LogP contribution is -2.35. The van der Waals surface area contributed by atoms with Gasteiger partial charge in [-0.05, 0) is 33.3 Å². The Bertz CT molecular complexity index is 494. The van der Waals surface area contributed by atoms with Crippen molar-refractivity contribution in [1.29, 1.82) is 0 Å². The summed E-state index contributed by atoms with van der Waals surface area (Å²) < 4.78 is 19.2. The summed E-state index contributed by atoms with van der Waals surface area (Å²) in [5, 5.41) is 2.53. The van der Waals surface area contributed by atoms with Gasteiger partial charge in [0.25, 0.3) is 0 Å². The summed E-state index contributed by atoms with van der Waals surface area (Å²) in [5.41, 5.74) is 0.0911. The van der Waals surface area contributed by atoms with Gasteiger partial charge in [-0.1, -0.05) is 18.2 Å². The van der Waals surface area contributed by atoms with E-state index in [0.29, 0.717) is 11.8 Å². The molecule has 1 aromatic carbocycles. The van der Waals surface area contributed by atoms with Crippen LogP contribution in [-0.2, 0) is 9.53 Å². The average Bonchev–Trinajstić information content (AvgIpc) is 2.30. The molecular weight excluding hydrogens is 261 g/mol. The minimum atomic E-state index is -0.734. The number of hydrogen-bond donors (Lipinski definition) is 1. The molecule has 0 bridgehead atoms. The number of carbonyl (C=O) groups is 2. The van der Waals surface area contributed by atoms with Gasteiger partial charge in [-0.3, -0.25) is 0 Å². The maximum Gasteiger partial charge on any atom is 0.408 e. The second-order valence-electron chi connectivity index (χ2n) is 5.58. The van der Waals surface area contributed by atoms with Gasteiger partial charge >= 0.3 is 6.09 Å². The van der Waals surface area contributed by atoms with Crippen LogP contribution in [0.3, 0.4) is 0 Å². The molecular formula is C15H20FNO3. The fourth-order valence-electron chi connectivity index (χ4n) is 1.75. The molecule has 0 saturated heterocycles. The first-order chi connectivity index (χ1) is 9.24. The van der Waals surface area contributed by atoms with Crippen molar-refractivity contribution in [1.82, 2.24) is 5.32 Å². The lowest BCUT2D eigenvalue weighted by molar-refractivity contribution is -0.108. The predicted molar refractivity (Wildman–Crippen MR) is 73.9 cm³/mol. The van der Waals surface area contributed by atoms with E-state index < -0.39 is 23.6 Å². The first-order valence-electron chi connectivity index (χ1n) is 6.42. The molecule has 20 heavy (non-hydrogen) atoms. The van der Waals surface area contributed by atoms with E-state index in [1.807, 2.05) is 0 Å². The molecule has 0 heterocycles. The number of alkyl carbamates (subject to hydrolysis) is 1. The van der Waals surface area contributed by atoms with Crippen molar-refractivity contribution in [3.63, 3.8) is 0 Å². The SMILES string of the molecule is Cc1cccc([C@H](CC=O)NC(=O)OC(C)(C)C)c1F. The zero-order valence-corrected chi connectivity index (χ0v) is 12.2. The molecule has 5 heteroatoms. The van der Waals surface area contributed by atoms with Crippen molar-refractivity contribution >= 4 is 12.4 Å². The summed E-state index contributed by atoms with van der Waals surface area (Å²) in [6.07, 6.45) is -0.0473. The second kappa shape index (κ2) is 6.50. The minimum Gasteiger partial charge on any atom is -0.444 e. The van der Waals surface area contributed by atoms with Gasteiger partial charge in [0.2, 0.25) is 0 Å². The van der Waals surface area contributed by atoms with Gasteiger partial charge in [0, 0.05) is 12.0 Å². The van der Waals surface area contributed by atoms with Gasteiger partial charge in [0.1, 0.15) is 17.7 Å². The van der Waals surface area contributed by atoms with Crippen LogP contribution in [0.4, 0.5) is 9.18 Å². The number of aldehydes is 1. The van der Waals surface area contributed by atoms with Crippen LogP contribution in [0, 0.1) is 12.7 Å². The fourth-order valence-corrected chi connectivity index (χ4v) is 1.75. The Morgan fingerprint density at radius 2 is 2.10 bits per heavy atom. The number of benzene rings is 1. The summed E-state index contributed by atoms with van der Waals surface area (Å²) >= 11 is 0. The molecule has 0 aliphatic carbocycles. The van der Waals surface area contributed by atoms with Crippen molar-refractivity contribution < 1.29 is 18.7 Å². The molecule has 1 amide bonds. The van der Waals surface area contributed by atoms with Crippen LogP contribution in [0.1, 0.15) is 44.4 Å². The third-order valence-electron chi connectivity index (χ3n) is 2.62. The lowest BCUT2D eigenvalue weighted by Gasteiger charge is -2.23. The van der Waals surface area contributed by atoms with Crippen LogP contribution in [0.2, 0.25) is 0 Å². The topological polar surface area (TPSA) is 55.4 Å². The monoisotopic (exact) mass is 281 g/mol. The maximum absolute atomic E-state index is 14.1. The van der Waals surface area contributed by atoms with Crippen LogP contribution in [-0.4, -0.2) is 18.0 Å². The molecule has 0 spiro atoms. The number of halogens is 1. The van der Waals surface area contributed by atoms with Gasteiger partial charge in [-0.2, -0.15) is 0 Å².